The van der Waals surface area contributed by atoms with Gasteiger partial charge in [-0.2, -0.15) is 13.2 Å². The van der Waals surface area contributed by atoms with Gasteiger partial charge in [-0.05, 0) is 62.1 Å². The highest BCUT2D eigenvalue weighted by Gasteiger charge is 2.44. The average molecular weight is 616 g/mol. The Labute approximate surface area is 244 Å². The van der Waals surface area contributed by atoms with Crippen LogP contribution in [0.2, 0.25) is 5.02 Å². The largest absolute Gasteiger partial charge is 0.471 e. The highest BCUT2D eigenvalue weighted by molar-refractivity contribution is 8.00. The van der Waals surface area contributed by atoms with Gasteiger partial charge < -0.3 is 24.2 Å². The SMILES string of the molecule is COCOc1ccc(SC2CCN(C(=O)C(F)(F)F)CC2)cc1N1C2CCC1CN(C(=O)c1ccc(F)cc1Cl)C2. The van der Waals surface area contributed by atoms with Crippen molar-refractivity contribution in [3.63, 3.8) is 0 Å². The van der Waals surface area contributed by atoms with Crippen LogP contribution in [-0.4, -0.2) is 85.2 Å². The van der Waals surface area contributed by atoms with E-state index in [4.69, 9.17) is 21.1 Å². The fourth-order valence-corrected chi connectivity index (χ4v) is 7.27. The molecule has 13 heteroatoms. The zero-order valence-corrected chi connectivity index (χ0v) is 23.9. The highest BCUT2D eigenvalue weighted by atomic mass is 35.5. The first-order valence-electron chi connectivity index (χ1n) is 13.4. The number of ether oxygens (including phenoxy) is 2. The summed E-state index contributed by atoms with van der Waals surface area (Å²) in [6.07, 6.45) is -2.19. The van der Waals surface area contributed by atoms with Crippen LogP contribution in [0.15, 0.2) is 41.3 Å². The summed E-state index contributed by atoms with van der Waals surface area (Å²) < 4.78 is 63.0. The maximum absolute atomic E-state index is 13.5. The van der Waals surface area contributed by atoms with Crippen LogP contribution in [0.1, 0.15) is 36.0 Å². The number of anilines is 1. The molecule has 222 valence electrons. The second kappa shape index (κ2) is 12.3. The summed E-state index contributed by atoms with van der Waals surface area (Å²) in [7, 11) is 1.54. The van der Waals surface area contributed by atoms with Crippen LogP contribution >= 0.6 is 23.4 Å². The molecule has 2 bridgehead atoms. The predicted octanol–water partition coefficient (Wildman–Crippen LogP) is 5.60. The molecule has 0 aliphatic carbocycles. The maximum Gasteiger partial charge on any atom is 0.471 e. The summed E-state index contributed by atoms with van der Waals surface area (Å²) in [5, 5.41) is 0.149. The molecule has 2 amide bonds. The number of piperazine rings is 1. The summed E-state index contributed by atoms with van der Waals surface area (Å²) in [6.45, 7) is 1.12. The monoisotopic (exact) mass is 615 g/mol. The van der Waals surface area contributed by atoms with Crippen molar-refractivity contribution in [2.45, 2.75) is 54.1 Å². The number of hydrogen-bond donors (Lipinski definition) is 0. The first-order chi connectivity index (χ1) is 19.5. The Morgan fingerprint density at radius 2 is 1.68 bits per heavy atom. The number of hydrogen-bond acceptors (Lipinski definition) is 6. The molecule has 3 heterocycles. The molecule has 0 N–H and O–H groups in total. The number of carbonyl (C=O) groups is 2. The highest BCUT2D eigenvalue weighted by Crippen LogP contribution is 2.43. The van der Waals surface area contributed by atoms with Gasteiger partial charge in [0, 0.05) is 55.5 Å². The van der Waals surface area contributed by atoms with Gasteiger partial charge in [-0.3, -0.25) is 9.59 Å². The second-order valence-electron chi connectivity index (χ2n) is 10.4. The summed E-state index contributed by atoms with van der Waals surface area (Å²) >= 11 is 7.75. The minimum Gasteiger partial charge on any atom is -0.465 e. The number of benzene rings is 2. The van der Waals surface area contributed by atoms with Crippen molar-refractivity contribution in [3.8, 4) is 5.75 Å². The number of halogens is 5. The molecule has 7 nitrogen and oxygen atoms in total. The minimum absolute atomic E-state index is 0.0266. The van der Waals surface area contributed by atoms with E-state index in [1.165, 1.54) is 19.2 Å². The lowest BCUT2D eigenvalue weighted by Crippen LogP contribution is -2.55. The Balaban J connectivity index is 1.31. The van der Waals surface area contributed by atoms with Crippen LogP contribution in [0.5, 0.6) is 5.75 Å². The molecule has 0 aromatic heterocycles. The van der Waals surface area contributed by atoms with Gasteiger partial charge in [0.2, 0.25) is 0 Å². The second-order valence-corrected chi connectivity index (χ2v) is 12.2. The summed E-state index contributed by atoms with van der Waals surface area (Å²) in [5.41, 5.74) is 1.14. The molecule has 5 rings (SSSR count). The Morgan fingerprint density at radius 1 is 1.00 bits per heavy atom. The number of piperidine rings is 1. The molecule has 41 heavy (non-hydrogen) atoms. The Bertz CT molecular complexity index is 1280. The predicted molar refractivity (Wildman–Crippen MR) is 147 cm³/mol. The van der Waals surface area contributed by atoms with E-state index in [9.17, 15) is 27.2 Å². The van der Waals surface area contributed by atoms with Crippen molar-refractivity contribution in [2.75, 3.05) is 45.0 Å². The van der Waals surface area contributed by atoms with Crippen molar-refractivity contribution < 1.29 is 36.6 Å². The van der Waals surface area contributed by atoms with E-state index in [1.807, 2.05) is 18.2 Å². The van der Waals surface area contributed by atoms with E-state index >= 15 is 0 Å². The van der Waals surface area contributed by atoms with Crippen LogP contribution in [0.3, 0.4) is 0 Å². The molecule has 3 aliphatic rings. The Kier molecular flexibility index (Phi) is 8.91. The molecule has 0 spiro atoms. The fraction of sp³-hybridized carbons (Fsp3) is 0.500. The summed E-state index contributed by atoms with van der Waals surface area (Å²) in [6, 6.07) is 9.65. The lowest BCUT2D eigenvalue weighted by molar-refractivity contribution is -0.186. The number of fused-ring (bicyclic) bond motifs is 2. The molecule has 0 radical (unpaired) electrons. The molecule has 3 aliphatic heterocycles. The summed E-state index contributed by atoms with van der Waals surface area (Å²) in [4.78, 5) is 30.7. The third-order valence-corrected chi connectivity index (χ3v) is 9.39. The third kappa shape index (κ3) is 6.54. The number of carbonyl (C=O) groups excluding carboxylic acids is 2. The van der Waals surface area contributed by atoms with Crippen molar-refractivity contribution in [1.29, 1.82) is 0 Å². The third-order valence-electron chi connectivity index (χ3n) is 7.75. The lowest BCUT2D eigenvalue weighted by atomic mass is 10.1. The number of likely N-dealkylation sites (tertiary alicyclic amines) is 2. The molecule has 2 unspecified atom stereocenters. The molecule has 3 saturated heterocycles. The average Bonchev–Trinajstić information content (AvgIpc) is 3.19. The maximum atomic E-state index is 13.5. The minimum atomic E-state index is -4.85. The van der Waals surface area contributed by atoms with Crippen molar-refractivity contribution in [2.24, 2.45) is 0 Å². The zero-order valence-electron chi connectivity index (χ0n) is 22.3. The molecule has 2 aromatic rings. The first kappa shape index (κ1) is 29.8. The normalized spacial score (nSPS) is 21.4. The van der Waals surface area contributed by atoms with Gasteiger partial charge in [0.1, 0.15) is 11.6 Å². The van der Waals surface area contributed by atoms with Gasteiger partial charge in [-0.25, -0.2) is 4.39 Å². The molecule has 2 aromatic carbocycles. The number of amides is 2. The first-order valence-corrected chi connectivity index (χ1v) is 14.6. The number of thioether (sulfide) groups is 1. The van der Waals surface area contributed by atoms with E-state index in [1.54, 1.807) is 16.7 Å². The van der Waals surface area contributed by atoms with Crippen LogP contribution < -0.4 is 9.64 Å². The van der Waals surface area contributed by atoms with E-state index in [-0.39, 0.29) is 53.7 Å². The fourth-order valence-electron chi connectivity index (χ4n) is 5.86. The molecule has 3 fully saturated rings. The lowest BCUT2D eigenvalue weighted by Gasteiger charge is -2.43. The van der Waals surface area contributed by atoms with Crippen molar-refractivity contribution in [1.82, 2.24) is 9.80 Å². The van der Waals surface area contributed by atoms with Crippen molar-refractivity contribution in [3.05, 3.63) is 52.8 Å². The standard InChI is InChI=1S/C28H30ClF4N3O4S/c1-39-16-40-25-7-5-21(41-20-8-10-34(11-9-20)27(38)28(31,32)33)13-24(25)36-18-3-4-19(36)15-35(14-18)26(37)22-6-2-17(30)12-23(22)29/h2,5-7,12-13,18-20H,3-4,8-11,14-16H2,1H3. The Hall–Kier alpha value is -2.70. The Morgan fingerprint density at radius 3 is 2.29 bits per heavy atom. The van der Waals surface area contributed by atoms with Crippen LogP contribution in [0.4, 0.5) is 23.2 Å². The molecular formula is C28H30ClF4N3O4S. The number of rotatable bonds is 7. The van der Waals surface area contributed by atoms with E-state index < -0.39 is 17.9 Å². The van der Waals surface area contributed by atoms with E-state index in [0.717, 1.165) is 34.4 Å². The number of methoxy groups -OCH3 is 1. The van der Waals surface area contributed by atoms with Crippen LogP contribution in [0.25, 0.3) is 0 Å². The van der Waals surface area contributed by atoms with Gasteiger partial charge in [-0.1, -0.05) is 11.6 Å². The number of nitrogens with zero attached hydrogens (tertiary/aromatic N) is 3. The zero-order chi connectivity index (χ0) is 29.3. The smallest absolute Gasteiger partial charge is 0.465 e. The van der Waals surface area contributed by atoms with Gasteiger partial charge in [0.15, 0.2) is 6.79 Å². The van der Waals surface area contributed by atoms with Crippen LogP contribution in [-0.2, 0) is 9.53 Å². The van der Waals surface area contributed by atoms with Gasteiger partial charge in [0.25, 0.3) is 5.91 Å². The van der Waals surface area contributed by atoms with Gasteiger partial charge in [0.05, 0.1) is 16.3 Å². The molecule has 2 atom stereocenters. The molecule has 0 saturated carbocycles. The molecular weight excluding hydrogens is 586 g/mol. The summed E-state index contributed by atoms with van der Waals surface area (Å²) in [5.74, 6) is -1.88. The number of alkyl halides is 3. The van der Waals surface area contributed by atoms with E-state index in [0.29, 0.717) is 31.7 Å². The van der Waals surface area contributed by atoms with Gasteiger partial charge >= 0.3 is 12.1 Å². The van der Waals surface area contributed by atoms with E-state index in [2.05, 4.69) is 4.90 Å². The van der Waals surface area contributed by atoms with Crippen molar-refractivity contribution >= 4 is 40.9 Å². The quantitative estimate of drug-likeness (QED) is 0.299. The topological polar surface area (TPSA) is 62.3 Å². The van der Waals surface area contributed by atoms with Crippen LogP contribution in [0, 0.1) is 5.82 Å². The van der Waals surface area contributed by atoms with Gasteiger partial charge in [-0.15, -0.1) is 11.8 Å².